The fourth-order valence-electron chi connectivity index (χ4n) is 4.50. The number of benzene rings is 3. The number of fused-ring (bicyclic) bond motifs is 3. The van der Waals surface area contributed by atoms with Crippen LogP contribution in [0.3, 0.4) is 0 Å². The molecule has 3 aromatic carbocycles. The van der Waals surface area contributed by atoms with E-state index < -0.39 is 6.04 Å². The van der Waals surface area contributed by atoms with E-state index >= 15 is 0 Å². The first-order valence-electron chi connectivity index (χ1n) is 11.0. The van der Waals surface area contributed by atoms with Gasteiger partial charge in [-0.3, -0.25) is 14.5 Å². The molecule has 2 aromatic heterocycles. The molecule has 0 radical (unpaired) electrons. The van der Waals surface area contributed by atoms with Crippen LogP contribution in [-0.4, -0.2) is 17.5 Å². The molecule has 1 aliphatic heterocycles. The van der Waals surface area contributed by atoms with Gasteiger partial charge in [-0.2, -0.15) is 0 Å². The minimum atomic E-state index is -0.676. The summed E-state index contributed by atoms with van der Waals surface area (Å²) in [5.74, 6) is 0.359. The summed E-state index contributed by atoms with van der Waals surface area (Å²) in [6.07, 6.45) is 0. The molecule has 1 amide bonds. The Balaban J connectivity index is 1.62. The van der Waals surface area contributed by atoms with Crippen LogP contribution >= 0.6 is 11.3 Å². The van der Waals surface area contributed by atoms with Gasteiger partial charge >= 0.3 is 0 Å². The molecule has 34 heavy (non-hydrogen) atoms. The topological polar surface area (TPSA) is 72.6 Å². The van der Waals surface area contributed by atoms with Crippen LogP contribution in [0.1, 0.15) is 40.2 Å². The predicted octanol–water partition coefficient (Wildman–Crippen LogP) is 5.86. The third-order valence-electron chi connectivity index (χ3n) is 6.00. The summed E-state index contributed by atoms with van der Waals surface area (Å²) in [5, 5.41) is 0.967. The van der Waals surface area contributed by atoms with Gasteiger partial charge in [0.15, 0.2) is 10.6 Å². The second-order valence-electron chi connectivity index (χ2n) is 8.22. The summed E-state index contributed by atoms with van der Waals surface area (Å²) in [4.78, 5) is 33.8. The summed E-state index contributed by atoms with van der Waals surface area (Å²) in [5.41, 5.74) is 3.19. The van der Waals surface area contributed by atoms with Gasteiger partial charge in [0.1, 0.15) is 11.3 Å². The van der Waals surface area contributed by atoms with Crippen LogP contribution in [0, 0.1) is 6.92 Å². The summed E-state index contributed by atoms with van der Waals surface area (Å²) in [6, 6.07) is 19.8. The lowest BCUT2D eigenvalue weighted by molar-refractivity contribution is 0.0971. The Morgan fingerprint density at radius 1 is 1.06 bits per heavy atom. The minimum absolute atomic E-state index is 0.0611. The van der Waals surface area contributed by atoms with Gasteiger partial charge < -0.3 is 9.15 Å². The van der Waals surface area contributed by atoms with Crippen LogP contribution in [0.15, 0.2) is 75.9 Å². The fraction of sp³-hybridized carbons (Fsp3) is 0.148. The second kappa shape index (κ2) is 7.81. The third kappa shape index (κ3) is 3.12. The number of anilines is 1. The Hall–Kier alpha value is -3.97. The molecule has 7 heteroatoms. The molecule has 0 bridgehead atoms. The molecular weight excluding hydrogens is 448 g/mol. The van der Waals surface area contributed by atoms with E-state index in [0.29, 0.717) is 34.0 Å². The van der Waals surface area contributed by atoms with Crippen molar-refractivity contribution in [1.29, 1.82) is 0 Å². The van der Waals surface area contributed by atoms with Crippen LogP contribution < -0.4 is 15.1 Å². The number of para-hydroxylation sites is 1. The first kappa shape index (κ1) is 20.6. The average molecular weight is 469 g/mol. The minimum Gasteiger partial charge on any atom is -0.494 e. The van der Waals surface area contributed by atoms with Gasteiger partial charge in [0.2, 0.25) is 5.76 Å². The van der Waals surface area contributed by atoms with Gasteiger partial charge in [-0.05, 0) is 61.4 Å². The number of amides is 1. The molecule has 168 valence electrons. The van der Waals surface area contributed by atoms with E-state index in [1.165, 1.54) is 11.3 Å². The highest BCUT2D eigenvalue weighted by Gasteiger charge is 2.45. The van der Waals surface area contributed by atoms with Crippen molar-refractivity contribution < 1.29 is 13.9 Å². The SMILES string of the molecule is CCOc1cccc(C2c3c(oc4ccccc4c3=O)C(=O)N2c2nc3ccc(C)cc3s2)c1. The standard InChI is InChI=1S/C27H20N2O4S/c1-3-32-17-8-6-7-16(14-17)23-22-24(30)18-9-4-5-10-20(18)33-25(22)26(31)29(23)27-28-19-12-11-15(2)13-21(19)34-27/h4-14,23H,3H2,1-2H3. The van der Waals surface area contributed by atoms with Crippen molar-refractivity contribution in [2.45, 2.75) is 19.9 Å². The summed E-state index contributed by atoms with van der Waals surface area (Å²) >= 11 is 1.43. The predicted molar refractivity (Wildman–Crippen MR) is 133 cm³/mol. The van der Waals surface area contributed by atoms with Gasteiger partial charge in [-0.1, -0.05) is 41.7 Å². The normalized spacial score (nSPS) is 15.3. The van der Waals surface area contributed by atoms with Crippen molar-refractivity contribution in [2.24, 2.45) is 0 Å². The molecule has 0 fully saturated rings. The lowest BCUT2D eigenvalue weighted by Crippen LogP contribution is -2.29. The molecule has 6 nitrogen and oxygen atoms in total. The van der Waals surface area contributed by atoms with E-state index in [1.54, 1.807) is 29.2 Å². The number of aryl methyl sites for hydroxylation is 1. The van der Waals surface area contributed by atoms with E-state index in [-0.39, 0.29) is 17.1 Å². The van der Waals surface area contributed by atoms with Crippen LogP contribution in [0.5, 0.6) is 5.75 Å². The zero-order valence-electron chi connectivity index (χ0n) is 18.6. The monoisotopic (exact) mass is 468 g/mol. The maximum atomic E-state index is 13.8. The summed E-state index contributed by atoms with van der Waals surface area (Å²) in [7, 11) is 0. The number of hydrogen-bond acceptors (Lipinski definition) is 6. The molecule has 1 atom stereocenters. The Bertz CT molecular complexity index is 1650. The number of thiazole rings is 1. The van der Waals surface area contributed by atoms with Crippen molar-refractivity contribution in [2.75, 3.05) is 11.5 Å². The van der Waals surface area contributed by atoms with Crippen molar-refractivity contribution in [1.82, 2.24) is 4.98 Å². The van der Waals surface area contributed by atoms with Crippen LogP contribution in [0.4, 0.5) is 5.13 Å². The summed E-state index contributed by atoms with van der Waals surface area (Å²) in [6.45, 7) is 4.44. The highest BCUT2D eigenvalue weighted by molar-refractivity contribution is 7.22. The van der Waals surface area contributed by atoms with Gasteiger partial charge in [-0.15, -0.1) is 0 Å². The lowest BCUT2D eigenvalue weighted by Gasteiger charge is -2.23. The molecule has 1 aliphatic rings. The van der Waals surface area contributed by atoms with E-state index in [2.05, 4.69) is 0 Å². The molecule has 3 heterocycles. The first-order chi connectivity index (χ1) is 16.5. The highest BCUT2D eigenvalue weighted by Crippen LogP contribution is 2.44. The second-order valence-corrected chi connectivity index (χ2v) is 9.23. The first-order valence-corrected chi connectivity index (χ1v) is 11.9. The number of hydrogen-bond donors (Lipinski definition) is 0. The number of nitrogens with zero attached hydrogens (tertiary/aromatic N) is 2. The quantitative estimate of drug-likeness (QED) is 0.330. The number of rotatable bonds is 4. The maximum Gasteiger partial charge on any atom is 0.297 e. The summed E-state index contributed by atoms with van der Waals surface area (Å²) < 4.78 is 12.7. The van der Waals surface area contributed by atoms with Gasteiger partial charge in [0, 0.05) is 0 Å². The molecule has 0 N–H and O–H groups in total. The number of ether oxygens (including phenoxy) is 1. The Kier molecular flexibility index (Phi) is 4.74. The maximum absolute atomic E-state index is 13.8. The van der Waals surface area contributed by atoms with Gasteiger partial charge in [0.05, 0.1) is 33.8 Å². The largest absolute Gasteiger partial charge is 0.494 e. The molecule has 5 aromatic rings. The molecular formula is C27H20N2O4S. The fourth-order valence-corrected chi connectivity index (χ4v) is 5.59. The average Bonchev–Trinajstić information content (AvgIpc) is 3.38. The van der Waals surface area contributed by atoms with E-state index in [0.717, 1.165) is 21.3 Å². The van der Waals surface area contributed by atoms with Crippen molar-refractivity contribution in [3.05, 3.63) is 99.4 Å². The van der Waals surface area contributed by atoms with E-state index in [9.17, 15) is 9.59 Å². The van der Waals surface area contributed by atoms with Crippen molar-refractivity contribution in [3.63, 3.8) is 0 Å². The highest BCUT2D eigenvalue weighted by atomic mass is 32.1. The zero-order chi connectivity index (χ0) is 23.4. The van der Waals surface area contributed by atoms with Gasteiger partial charge in [-0.25, -0.2) is 4.98 Å². The number of carbonyl (C=O) groups is 1. The van der Waals surface area contributed by atoms with Crippen LogP contribution in [0.2, 0.25) is 0 Å². The Morgan fingerprint density at radius 2 is 1.91 bits per heavy atom. The van der Waals surface area contributed by atoms with E-state index in [4.69, 9.17) is 14.1 Å². The zero-order valence-corrected chi connectivity index (χ0v) is 19.4. The number of carbonyl (C=O) groups excluding carboxylic acids is 1. The smallest absolute Gasteiger partial charge is 0.297 e. The molecule has 0 saturated carbocycles. The van der Waals surface area contributed by atoms with Crippen molar-refractivity contribution in [3.8, 4) is 5.75 Å². The lowest BCUT2D eigenvalue weighted by atomic mass is 9.98. The molecule has 0 aliphatic carbocycles. The Labute approximate surface area is 199 Å². The molecule has 0 saturated heterocycles. The Morgan fingerprint density at radius 3 is 2.76 bits per heavy atom. The van der Waals surface area contributed by atoms with Crippen LogP contribution in [0.25, 0.3) is 21.2 Å². The third-order valence-corrected chi connectivity index (χ3v) is 7.02. The molecule has 0 spiro atoms. The van der Waals surface area contributed by atoms with E-state index in [1.807, 2.05) is 56.3 Å². The molecule has 1 unspecified atom stereocenters. The van der Waals surface area contributed by atoms with Crippen LogP contribution in [-0.2, 0) is 0 Å². The van der Waals surface area contributed by atoms with Crippen molar-refractivity contribution >= 4 is 43.6 Å². The molecule has 6 rings (SSSR count). The number of aromatic nitrogens is 1. The van der Waals surface area contributed by atoms with Gasteiger partial charge in [0.25, 0.3) is 5.91 Å².